The minimum absolute atomic E-state index is 0.0512. The van der Waals surface area contributed by atoms with Crippen LogP contribution >= 0.6 is 0 Å². The molecule has 0 aromatic heterocycles. The summed E-state index contributed by atoms with van der Waals surface area (Å²) in [5.41, 5.74) is 0.818. The summed E-state index contributed by atoms with van der Waals surface area (Å²) in [6.07, 6.45) is 0.169. The maximum atomic E-state index is 12.7. The summed E-state index contributed by atoms with van der Waals surface area (Å²) in [7, 11) is -0.572. The fourth-order valence-electron chi connectivity index (χ4n) is 4.10. The maximum Gasteiger partial charge on any atom is 0.327 e. The van der Waals surface area contributed by atoms with Crippen LogP contribution in [0, 0.1) is 0 Å². The predicted molar refractivity (Wildman–Crippen MR) is 96.9 cm³/mol. The lowest BCUT2D eigenvalue weighted by Gasteiger charge is -2.43. The highest BCUT2D eigenvalue weighted by molar-refractivity contribution is 7.89. The van der Waals surface area contributed by atoms with Crippen molar-refractivity contribution in [3.63, 3.8) is 0 Å². The molecule has 0 radical (unpaired) electrons. The summed E-state index contributed by atoms with van der Waals surface area (Å²) in [5, 5.41) is 8.55. The molecule has 11 heteroatoms. The van der Waals surface area contributed by atoms with Crippen LogP contribution in [0.3, 0.4) is 0 Å². The predicted octanol–water partition coefficient (Wildman–Crippen LogP) is -1.05. The summed E-state index contributed by atoms with van der Waals surface area (Å²) in [5.74, 6) is -0.218. The molecule has 3 aliphatic heterocycles. The van der Waals surface area contributed by atoms with E-state index in [4.69, 9.17) is 5.14 Å². The molecular weight excluding hydrogens is 372 g/mol. The third-order valence-electron chi connectivity index (χ3n) is 5.49. The average molecular weight is 394 g/mol. The van der Waals surface area contributed by atoms with Gasteiger partial charge in [0, 0.05) is 32.9 Å². The molecule has 4 rings (SSSR count). The number of amides is 3. The van der Waals surface area contributed by atoms with Gasteiger partial charge in [0.25, 0.3) is 5.91 Å². The molecule has 3 fully saturated rings. The average Bonchev–Trinajstić information content (AvgIpc) is 3.04. The first-order valence-corrected chi connectivity index (χ1v) is 10.2. The van der Waals surface area contributed by atoms with E-state index in [0.29, 0.717) is 0 Å². The summed E-state index contributed by atoms with van der Waals surface area (Å²) in [6.45, 7) is 1.47. The Labute approximate surface area is 157 Å². The van der Waals surface area contributed by atoms with Gasteiger partial charge in [0.1, 0.15) is 18.5 Å². The van der Waals surface area contributed by atoms with Gasteiger partial charge in [0.05, 0.1) is 4.90 Å². The Morgan fingerprint density at radius 2 is 1.78 bits per heavy atom. The van der Waals surface area contributed by atoms with Crippen molar-refractivity contribution >= 4 is 27.6 Å². The lowest BCUT2D eigenvalue weighted by atomic mass is 10.1. The van der Waals surface area contributed by atoms with Crippen LogP contribution in [0.1, 0.15) is 6.42 Å². The second kappa shape index (κ2) is 6.16. The van der Waals surface area contributed by atoms with Crippen LogP contribution in [-0.4, -0.2) is 80.7 Å². The van der Waals surface area contributed by atoms with Crippen molar-refractivity contribution in [2.24, 2.45) is 5.14 Å². The van der Waals surface area contributed by atoms with Crippen molar-refractivity contribution in [2.75, 3.05) is 32.1 Å². The first-order chi connectivity index (χ1) is 12.7. The number of rotatable bonds is 2. The third-order valence-corrected chi connectivity index (χ3v) is 6.42. The van der Waals surface area contributed by atoms with E-state index in [1.54, 1.807) is 24.1 Å². The summed E-state index contributed by atoms with van der Waals surface area (Å²) >= 11 is 0. The highest BCUT2D eigenvalue weighted by Gasteiger charge is 2.55. The number of carbonyl (C=O) groups is 2. The summed E-state index contributed by atoms with van der Waals surface area (Å²) < 4.78 is 22.9. The van der Waals surface area contributed by atoms with Crippen molar-refractivity contribution in [2.45, 2.75) is 29.8 Å². The van der Waals surface area contributed by atoms with Crippen LogP contribution in [0.5, 0.6) is 0 Å². The van der Waals surface area contributed by atoms with Gasteiger partial charge in [-0.15, -0.1) is 0 Å². The SMILES string of the molecule is CN1C(=O)C2C(NC3N(c4ccc(S(N)(=O)=O)cc4)CCCN23)N(C)C1=O. The molecule has 1 aromatic rings. The number of urea groups is 1. The third kappa shape index (κ3) is 2.78. The van der Waals surface area contributed by atoms with Gasteiger partial charge in [-0.2, -0.15) is 0 Å². The quantitative estimate of drug-likeness (QED) is 0.657. The van der Waals surface area contributed by atoms with E-state index in [2.05, 4.69) is 15.1 Å². The summed E-state index contributed by atoms with van der Waals surface area (Å²) in [4.78, 5) is 31.9. The molecule has 3 aliphatic rings. The molecule has 3 saturated heterocycles. The number of benzene rings is 1. The number of hydrogen-bond acceptors (Lipinski definition) is 7. The Morgan fingerprint density at radius 1 is 1.11 bits per heavy atom. The number of nitrogens with one attached hydrogen (secondary N) is 1. The number of imide groups is 1. The van der Waals surface area contributed by atoms with Crippen molar-refractivity contribution in [3.05, 3.63) is 24.3 Å². The van der Waals surface area contributed by atoms with Gasteiger partial charge in [0.2, 0.25) is 10.0 Å². The first-order valence-electron chi connectivity index (χ1n) is 8.66. The minimum atomic E-state index is -3.75. The Balaban J connectivity index is 1.65. The van der Waals surface area contributed by atoms with Crippen LogP contribution in [0.2, 0.25) is 0 Å². The topological polar surface area (TPSA) is 119 Å². The molecule has 10 nitrogen and oxygen atoms in total. The van der Waals surface area contributed by atoms with Gasteiger partial charge in [-0.3, -0.25) is 19.9 Å². The molecule has 0 bridgehead atoms. The zero-order chi connectivity index (χ0) is 19.5. The van der Waals surface area contributed by atoms with Crippen LogP contribution in [0.15, 0.2) is 29.2 Å². The molecule has 0 saturated carbocycles. The monoisotopic (exact) mass is 394 g/mol. The van der Waals surface area contributed by atoms with Crippen LogP contribution in [-0.2, 0) is 14.8 Å². The number of nitrogens with two attached hydrogens (primary N) is 1. The maximum absolute atomic E-state index is 12.7. The minimum Gasteiger partial charge on any atom is -0.343 e. The van der Waals surface area contributed by atoms with Gasteiger partial charge in [-0.05, 0) is 30.7 Å². The zero-order valence-corrected chi connectivity index (χ0v) is 15.9. The molecule has 3 amide bonds. The molecule has 3 N–H and O–H groups in total. The smallest absolute Gasteiger partial charge is 0.327 e. The number of carbonyl (C=O) groups excluding carboxylic acids is 2. The van der Waals surface area contributed by atoms with Crippen molar-refractivity contribution in [1.29, 1.82) is 0 Å². The lowest BCUT2D eigenvalue weighted by Crippen LogP contribution is -2.65. The lowest BCUT2D eigenvalue weighted by molar-refractivity contribution is -0.137. The Hall–Kier alpha value is -2.21. The van der Waals surface area contributed by atoms with Gasteiger partial charge in [0.15, 0.2) is 0 Å². The van der Waals surface area contributed by atoms with Crippen molar-refractivity contribution in [1.82, 2.24) is 20.0 Å². The van der Waals surface area contributed by atoms with E-state index in [-0.39, 0.29) is 23.1 Å². The Bertz CT molecular complexity index is 889. The van der Waals surface area contributed by atoms with Gasteiger partial charge in [-0.25, -0.2) is 18.4 Å². The van der Waals surface area contributed by atoms with Crippen molar-refractivity contribution in [3.8, 4) is 0 Å². The van der Waals surface area contributed by atoms with E-state index in [0.717, 1.165) is 30.1 Å². The highest BCUT2D eigenvalue weighted by Crippen LogP contribution is 2.32. The fourth-order valence-corrected chi connectivity index (χ4v) is 4.61. The molecule has 3 heterocycles. The normalized spacial score (nSPS) is 29.1. The molecule has 3 unspecified atom stereocenters. The second-order valence-electron chi connectivity index (χ2n) is 7.04. The van der Waals surface area contributed by atoms with E-state index < -0.39 is 22.2 Å². The van der Waals surface area contributed by atoms with Crippen LogP contribution < -0.4 is 15.4 Å². The molecular formula is C16H22N6O4S. The van der Waals surface area contributed by atoms with E-state index >= 15 is 0 Å². The molecule has 1 aromatic carbocycles. The highest BCUT2D eigenvalue weighted by atomic mass is 32.2. The zero-order valence-electron chi connectivity index (χ0n) is 15.1. The molecule has 0 spiro atoms. The Morgan fingerprint density at radius 3 is 2.41 bits per heavy atom. The molecule has 27 heavy (non-hydrogen) atoms. The Kier molecular flexibility index (Phi) is 4.14. The van der Waals surface area contributed by atoms with E-state index in [9.17, 15) is 18.0 Å². The number of primary sulfonamides is 1. The van der Waals surface area contributed by atoms with Crippen LogP contribution in [0.25, 0.3) is 0 Å². The number of likely N-dealkylation sites (N-methyl/N-ethyl adjacent to an activating group) is 2. The molecule has 146 valence electrons. The van der Waals surface area contributed by atoms with Gasteiger partial charge < -0.3 is 9.80 Å². The first kappa shape index (κ1) is 18.2. The van der Waals surface area contributed by atoms with Crippen molar-refractivity contribution < 1.29 is 18.0 Å². The number of nitrogens with zero attached hydrogens (tertiary/aromatic N) is 4. The number of anilines is 1. The second-order valence-corrected chi connectivity index (χ2v) is 8.61. The van der Waals surface area contributed by atoms with E-state index in [1.807, 2.05) is 0 Å². The largest absolute Gasteiger partial charge is 0.343 e. The number of hydrogen-bond donors (Lipinski definition) is 2. The van der Waals surface area contributed by atoms with Gasteiger partial charge >= 0.3 is 6.03 Å². The number of fused-ring (bicyclic) bond motifs is 3. The number of sulfonamides is 1. The van der Waals surface area contributed by atoms with Crippen LogP contribution in [0.4, 0.5) is 10.5 Å². The standard InChI is InChI=1S/C16H22N6O4S/c1-19-13-12(14(23)20(2)16(19)24)22-9-3-8-21(15(22)18-13)10-4-6-11(7-5-10)27(17,25)26/h4-7,12-13,15,18H,3,8-9H2,1-2H3,(H2,17,25,26). The fraction of sp³-hybridized carbons (Fsp3) is 0.500. The molecule has 0 aliphatic carbocycles. The molecule has 3 atom stereocenters. The van der Waals surface area contributed by atoms with E-state index in [1.165, 1.54) is 19.2 Å². The van der Waals surface area contributed by atoms with Gasteiger partial charge in [-0.1, -0.05) is 0 Å². The summed E-state index contributed by atoms with van der Waals surface area (Å²) in [6, 6.07) is 5.57.